The number of nitrogens with two attached hydrogens (primary N) is 1. The fourth-order valence-electron chi connectivity index (χ4n) is 2.58. The monoisotopic (exact) mass is 423 g/mol. The normalized spacial score (nSPS) is 17.4. The van der Waals surface area contributed by atoms with E-state index in [1.165, 1.54) is 4.90 Å². The van der Waals surface area contributed by atoms with Crippen molar-refractivity contribution in [2.45, 2.75) is 45.0 Å². The quantitative estimate of drug-likeness (QED) is 0.676. The predicted octanol–water partition coefficient (Wildman–Crippen LogP) is 2.54. The van der Waals surface area contributed by atoms with Gasteiger partial charge in [0.2, 0.25) is 11.8 Å². The summed E-state index contributed by atoms with van der Waals surface area (Å²) in [6.07, 6.45) is -7.32. The van der Waals surface area contributed by atoms with Gasteiger partial charge in [-0.2, -0.15) is 23.1 Å². The van der Waals surface area contributed by atoms with E-state index in [4.69, 9.17) is 14.9 Å². The molecule has 3 rings (SSSR count). The number of aryl methyl sites for hydroxylation is 1. The third-order valence-electron chi connectivity index (χ3n) is 4.09. The molecule has 9 nitrogen and oxygen atoms in total. The van der Waals surface area contributed by atoms with Crippen LogP contribution in [0.15, 0.2) is 4.42 Å². The Morgan fingerprint density at radius 3 is 2.59 bits per heavy atom. The van der Waals surface area contributed by atoms with Crippen LogP contribution in [-0.4, -0.2) is 51.5 Å². The van der Waals surface area contributed by atoms with E-state index in [0.29, 0.717) is 5.89 Å². The zero-order valence-electron chi connectivity index (χ0n) is 15.4. The second kappa shape index (κ2) is 7.48. The lowest BCUT2D eigenvalue weighted by atomic mass is 10.3. The molecule has 0 saturated carbocycles. The van der Waals surface area contributed by atoms with Crippen LogP contribution >= 0.6 is 0 Å². The van der Waals surface area contributed by atoms with Crippen molar-refractivity contribution >= 4 is 17.3 Å². The summed E-state index contributed by atoms with van der Waals surface area (Å²) in [6, 6.07) is -0.654. The summed E-state index contributed by atoms with van der Waals surface area (Å²) in [5, 5.41) is 10.1. The molecule has 0 aliphatic carbocycles. The Hall–Kier alpha value is -2.93. The Balaban J connectivity index is 1.90. The largest absolute Gasteiger partial charge is 0.451 e. The molecule has 1 unspecified atom stereocenters. The van der Waals surface area contributed by atoms with E-state index in [-0.39, 0.29) is 36.3 Å². The lowest BCUT2D eigenvalue weighted by molar-refractivity contribution is -0.190. The smallest absolute Gasteiger partial charge is 0.425 e. The lowest BCUT2D eigenvalue weighted by Crippen LogP contribution is -2.32. The van der Waals surface area contributed by atoms with Gasteiger partial charge in [-0.1, -0.05) is 0 Å². The number of aromatic nitrogens is 4. The number of nitrogen functional groups attached to an aromatic ring is 1. The minimum Gasteiger partial charge on any atom is -0.451 e. The Morgan fingerprint density at radius 2 is 2.03 bits per heavy atom. The van der Waals surface area contributed by atoms with Crippen LogP contribution in [0.25, 0.3) is 0 Å². The molecule has 29 heavy (non-hydrogen) atoms. The van der Waals surface area contributed by atoms with Gasteiger partial charge in [0.05, 0.1) is 13.1 Å². The number of hydrogen-bond acceptors (Lipinski definition) is 9. The maximum atomic E-state index is 13.6. The summed E-state index contributed by atoms with van der Waals surface area (Å²) >= 11 is 0. The van der Waals surface area contributed by atoms with E-state index < -0.39 is 37.2 Å². The van der Waals surface area contributed by atoms with Crippen molar-refractivity contribution in [1.82, 2.24) is 20.2 Å². The Bertz CT molecular complexity index is 873. The van der Waals surface area contributed by atoms with E-state index in [1.807, 2.05) is 0 Å². The summed E-state index contributed by atoms with van der Waals surface area (Å²) in [5.41, 5.74) is 5.87. The predicted molar refractivity (Wildman–Crippen MR) is 90.7 cm³/mol. The molecule has 2 aromatic heterocycles. The Labute approximate surface area is 161 Å². The number of alkyl halides is 5. The SMILES string of the molecule is Cc1nnc(CNc2nc(OC(C)C(F)(F)F)nc(N3CCC(F)(F)C3)c2N)o1. The molecule has 0 bridgehead atoms. The summed E-state index contributed by atoms with van der Waals surface area (Å²) in [7, 11) is 0. The first-order valence-electron chi connectivity index (χ1n) is 8.51. The Kier molecular flexibility index (Phi) is 5.36. The van der Waals surface area contributed by atoms with Crippen LogP contribution in [0.5, 0.6) is 6.01 Å². The summed E-state index contributed by atoms with van der Waals surface area (Å²) < 4.78 is 75.7. The van der Waals surface area contributed by atoms with E-state index in [1.54, 1.807) is 6.92 Å². The minimum atomic E-state index is -4.67. The van der Waals surface area contributed by atoms with Crippen LogP contribution < -0.4 is 20.7 Å². The first kappa shape index (κ1) is 20.8. The molecule has 0 radical (unpaired) electrons. The average molecular weight is 423 g/mol. The molecule has 160 valence electrons. The highest BCUT2D eigenvalue weighted by atomic mass is 19.4. The first-order chi connectivity index (χ1) is 13.4. The van der Waals surface area contributed by atoms with Crippen molar-refractivity contribution in [2.24, 2.45) is 0 Å². The van der Waals surface area contributed by atoms with Gasteiger partial charge in [-0.3, -0.25) is 0 Å². The molecule has 0 spiro atoms. The molecule has 1 saturated heterocycles. The van der Waals surface area contributed by atoms with Crippen LogP contribution in [0.3, 0.4) is 0 Å². The van der Waals surface area contributed by atoms with Crippen LogP contribution in [-0.2, 0) is 6.54 Å². The lowest BCUT2D eigenvalue weighted by Gasteiger charge is -2.22. The first-order valence-corrected chi connectivity index (χ1v) is 8.51. The molecule has 0 aromatic carbocycles. The van der Waals surface area contributed by atoms with Crippen molar-refractivity contribution < 1.29 is 31.1 Å². The molecule has 1 fully saturated rings. The molecular weight excluding hydrogens is 405 g/mol. The average Bonchev–Trinajstić information content (AvgIpc) is 3.19. The number of anilines is 3. The summed E-state index contributed by atoms with van der Waals surface area (Å²) in [6.45, 7) is 1.55. The molecule has 3 heterocycles. The van der Waals surface area contributed by atoms with E-state index in [0.717, 1.165) is 6.92 Å². The third-order valence-corrected chi connectivity index (χ3v) is 4.09. The molecule has 1 atom stereocenters. The van der Waals surface area contributed by atoms with Crippen LogP contribution in [0.4, 0.5) is 39.3 Å². The third kappa shape index (κ3) is 4.92. The van der Waals surface area contributed by atoms with Gasteiger partial charge in [0.15, 0.2) is 17.7 Å². The van der Waals surface area contributed by atoms with Gasteiger partial charge < -0.3 is 25.1 Å². The topological polar surface area (TPSA) is 115 Å². The summed E-state index contributed by atoms with van der Waals surface area (Å²) in [5.74, 6) is -2.75. The molecule has 14 heteroatoms. The summed E-state index contributed by atoms with van der Waals surface area (Å²) in [4.78, 5) is 8.85. The zero-order valence-corrected chi connectivity index (χ0v) is 15.4. The second-order valence-corrected chi connectivity index (χ2v) is 6.49. The van der Waals surface area contributed by atoms with Gasteiger partial charge in [-0.05, 0) is 6.92 Å². The van der Waals surface area contributed by atoms with Crippen molar-refractivity contribution in [3.8, 4) is 6.01 Å². The number of halogens is 5. The van der Waals surface area contributed by atoms with Gasteiger partial charge in [0.25, 0.3) is 5.92 Å². The van der Waals surface area contributed by atoms with Crippen LogP contribution in [0.1, 0.15) is 25.1 Å². The van der Waals surface area contributed by atoms with Crippen molar-refractivity contribution in [3.63, 3.8) is 0 Å². The highest BCUT2D eigenvalue weighted by Crippen LogP contribution is 2.36. The minimum absolute atomic E-state index is 0.0497. The van der Waals surface area contributed by atoms with Crippen LogP contribution in [0, 0.1) is 6.92 Å². The van der Waals surface area contributed by atoms with E-state index in [9.17, 15) is 22.0 Å². The molecule has 0 amide bonds. The standard InChI is InChI=1S/C15H18F5N7O2/c1-7(15(18,19)20)28-13-23-11(22-5-9-26-25-8(2)29-9)10(21)12(24-13)27-4-3-14(16,17)6-27/h7H,3-6,21H2,1-2H3,(H,22,23,24). The number of nitrogens with one attached hydrogen (secondary N) is 1. The van der Waals surface area contributed by atoms with Crippen molar-refractivity contribution in [1.29, 1.82) is 0 Å². The fourth-order valence-corrected chi connectivity index (χ4v) is 2.58. The van der Waals surface area contributed by atoms with Crippen molar-refractivity contribution in [2.75, 3.05) is 29.0 Å². The van der Waals surface area contributed by atoms with E-state index in [2.05, 4.69) is 25.5 Å². The fraction of sp³-hybridized carbons (Fsp3) is 0.600. The number of hydrogen-bond donors (Lipinski definition) is 2. The molecule has 3 N–H and O–H groups in total. The van der Waals surface area contributed by atoms with Gasteiger partial charge in [-0.25, -0.2) is 8.78 Å². The van der Waals surface area contributed by atoms with Gasteiger partial charge in [0, 0.05) is 19.9 Å². The maximum absolute atomic E-state index is 13.6. The molecular formula is C15H18F5N7O2. The number of rotatable bonds is 6. The van der Waals surface area contributed by atoms with Gasteiger partial charge >= 0.3 is 12.2 Å². The van der Waals surface area contributed by atoms with Crippen LogP contribution in [0.2, 0.25) is 0 Å². The highest BCUT2D eigenvalue weighted by Gasteiger charge is 2.41. The molecule has 1 aliphatic rings. The Morgan fingerprint density at radius 1 is 1.31 bits per heavy atom. The van der Waals surface area contributed by atoms with Gasteiger partial charge in [-0.15, -0.1) is 10.2 Å². The number of ether oxygens (including phenoxy) is 1. The molecule has 1 aliphatic heterocycles. The number of nitrogens with zero attached hydrogens (tertiary/aromatic N) is 5. The van der Waals surface area contributed by atoms with Crippen molar-refractivity contribution in [3.05, 3.63) is 11.8 Å². The zero-order chi connectivity index (χ0) is 21.4. The maximum Gasteiger partial charge on any atom is 0.425 e. The van der Waals surface area contributed by atoms with E-state index >= 15 is 0 Å². The second-order valence-electron chi connectivity index (χ2n) is 6.49. The van der Waals surface area contributed by atoms with Gasteiger partial charge in [0.1, 0.15) is 5.69 Å². The highest BCUT2D eigenvalue weighted by molar-refractivity contribution is 5.76. The molecule has 2 aromatic rings.